The number of benzene rings is 2. The molecule has 0 fully saturated rings. The van der Waals surface area contributed by atoms with E-state index in [1.54, 1.807) is 0 Å². The summed E-state index contributed by atoms with van der Waals surface area (Å²) in [5.41, 5.74) is 8.09. The molecule has 0 spiro atoms. The van der Waals surface area contributed by atoms with Crippen LogP contribution in [0.1, 0.15) is 83.1 Å². The molecular weight excluding hydrogens is 340 g/mol. The van der Waals surface area contributed by atoms with Gasteiger partial charge < -0.3 is 4.90 Å². The normalized spacial score (nSPS) is 19.1. The maximum atomic E-state index is 4.76. The molecule has 1 heterocycles. The molecule has 0 N–H and O–H groups in total. The van der Waals surface area contributed by atoms with E-state index in [-0.39, 0.29) is 11.0 Å². The number of aryl methyl sites for hydroxylation is 1. The Labute approximate surface area is 171 Å². The summed E-state index contributed by atoms with van der Waals surface area (Å²) in [6.07, 6.45) is 3.21. The third kappa shape index (κ3) is 4.01. The van der Waals surface area contributed by atoms with E-state index in [9.17, 15) is 0 Å². The molecule has 0 radical (unpaired) electrons. The van der Waals surface area contributed by atoms with Gasteiger partial charge in [-0.25, -0.2) is 0 Å². The minimum atomic E-state index is 0.173. The fourth-order valence-corrected chi connectivity index (χ4v) is 4.58. The minimum absolute atomic E-state index is 0.173. The van der Waals surface area contributed by atoms with Crippen molar-refractivity contribution in [3.63, 3.8) is 0 Å². The molecular formula is C26H36N2. The van der Waals surface area contributed by atoms with Crippen molar-refractivity contribution in [2.24, 2.45) is 4.99 Å². The molecule has 2 aromatic rings. The van der Waals surface area contributed by atoms with Crippen molar-refractivity contribution in [2.45, 2.75) is 78.7 Å². The Balaban J connectivity index is 1.92. The van der Waals surface area contributed by atoms with Crippen LogP contribution < -0.4 is 4.90 Å². The topological polar surface area (TPSA) is 15.6 Å². The number of hydrogen-bond acceptors (Lipinski definition) is 2. The van der Waals surface area contributed by atoms with Gasteiger partial charge in [0.1, 0.15) is 0 Å². The summed E-state index contributed by atoms with van der Waals surface area (Å²) in [7, 11) is 0. The predicted octanol–water partition coefficient (Wildman–Crippen LogP) is 7.16. The number of hydrogen-bond donors (Lipinski definition) is 0. The first kappa shape index (κ1) is 20.6. The molecule has 150 valence electrons. The van der Waals surface area contributed by atoms with Crippen molar-refractivity contribution in [1.29, 1.82) is 0 Å². The third-order valence-electron chi connectivity index (χ3n) is 6.18. The van der Waals surface area contributed by atoms with E-state index in [0.29, 0.717) is 5.92 Å². The molecule has 1 unspecified atom stereocenters. The van der Waals surface area contributed by atoms with Gasteiger partial charge in [0.05, 0.1) is 5.69 Å². The van der Waals surface area contributed by atoms with Gasteiger partial charge in [-0.15, -0.1) is 0 Å². The number of nitrogens with zero attached hydrogens (tertiary/aromatic N) is 2. The number of rotatable bonds is 3. The Morgan fingerprint density at radius 1 is 1.14 bits per heavy atom. The van der Waals surface area contributed by atoms with Gasteiger partial charge in [-0.05, 0) is 92.0 Å². The number of anilines is 1. The van der Waals surface area contributed by atoms with Crippen LogP contribution in [0.2, 0.25) is 0 Å². The van der Waals surface area contributed by atoms with E-state index in [1.165, 1.54) is 34.4 Å². The highest BCUT2D eigenvalue weighted by molar-refractivity contribution is 5.86. The molecule has 2 heteroatoms. The van der Waals surface area contributed by atoms with Crippen molar-refractivity contribution in [1.82, 2.24) is 0 Å². The Bertz CT molecular complexity index is 867. The zero-order valence-corrected chi connectivity index (χ0v) is 18.9. The fraction of sp³-hybridized carbons (Fsp3) is 0.500. The summed E-state index contributed by atoms with van der Waals surface area (Å²) in [4.78, 5) is 7.32. The number of aliphatic imine (C=N–C) groups is 1. The van der Waals surface area contributed by atoms with Gasteiger partial charge in [-0.3, -0.25) is 4.99 Å². The van der Waals surface area contributed by atoms with Gasteiger partial charge >= 0.3 is 0 Å². The molecule has 1 aliphatic heterocycles. The maximum absolute atomic E-state index is 4.76. The SMILES string of the molecule is CCN1c2cc(C)c(C=Nc3ccc(C(C)(C)C)cc3)cc2C(C)CC1(C)C. The maximum Gasteiger partial charge on any atom is 0.0630 e. The minimum Gasteiger partial charge on any atom is -0.366 e. The van der Waals surface area contributed by atoms with Gasteiger partial charge in [0.25, 0.3) is 0 Å². The van der Waals surface area contributed by atoms with Crippen LogP contribution in [0.4, 0.5) is 11.4 Å². The Morgan fingerprint density at radius 2 is 1.79 bits per heavy atom. The second-order valence-electron chi connectivity index (χ2n) is 9.98. The summed E-state index contributed by atoms with van der Waals surface area (Å²) in [5, 5.41) is 0. The van der Waals surface area contributed by atoms with Gasteiger partial charge in [0.15, 0.2) is 0 Å². The van der Waals surface area contributed by atoms with Gasteiger partial charge in [-0.2, -0.15) is 0 Å². The molecule has 1 atom stereocenters. The van der Waals surface area contributed by atoms with Gasteiger partial charge in [0.2, 0.25) is 0 Å². The van der Waals surface area contributed by atoms with E-state index in [4.69, 9.17) is 4.99 Å². The lowest BCUT2D eigenvalue weighted by atomic mass is 9.79. The summed E-state index contributed by atoms with van der Waals surface area (Å²) in [5.74, 6) is 0.562. The summed E-state index contributed by atoms with van der Waals surface area (Å²) in [6.45, 7) is 19.3. The number of fused-ring (bicyclic) bond motifs is 1. The highest BCUT2D eigenvalue weighted by Crippen LogP contribution is 2.44. The fourth-order valence-electron chi connectivity index (χ4n) is 4.58. The van der Waals surface area contributed by atoms with E-state index in [2.05, 4.69) is 96.7 Å². The predicted molar refractivity (Wildman–Crippen MR) is 124 cm³/mol. The average Bonchev–Trinajstić information content (AvgIpc) is 2.59. The monoisotopic (exact) mass is 376 g/mol. The lowest BCUT2D eigenvalue weighted by molar-refractivity contribution is 0.381. The lowest BCUT2D eigenvalue weighted by Gasteiger charge is -2.47. The second-order valence-corrected chi connectivity index (χ2v) is 9.98. The Kier molecular flexibility index (Phi) is 5.44. The largest absolute Gasteiger partial charge is 0.366 e. The second kappa shape index (κ2) is 7.39. The lowest BCUT2D eigenvalue weighted by Crippen LogP contribution is -2.48. The Hall–Kier alpha value is -2.09. The smallest absolute Gasteiger partial charge is 0.0630 e. The molecule has 0 aromatic heterocycles. The molecule has 0 saturated heterocycles. The third-order valence-corrected chi connectivity index (χ3v) is 6.18. The molecule has 2 aromatic carbocycles. The van der Waals surface area contributed by atoms with E-state index < -0.39 is 0 Å². The van der Waals surface area contributed by atoms with E-state index in [0.717, 1.165) is 12.2 Å². The quantitative estimate of drug-likeness (QED) is 0.519. The highest BCUT2D eigenvalue weighted by Gasteiger charge is 2.35. The molecule has 0 saturated carbocycles. The molecule has 1 aliphatic rings. The van der Waals surface area contributed by atoms with Crippen LogP contribution in [-0.2, 0) is 5.41 Å². The Morgan fingerprint density at radius 3 is 2.36 bits per heavy atom. The van der Waals surface area contributed by atoms with E-state index in [1.807, 2.05) is 6.21 Å². The molecule has 0 bridgehead atoms. The first-order chi connectivity index (χ1) is 13.0. The summed E-state index contributed by atoms with van der Waals surface area (Å²) >= 11 is 0. The van der Waals surface area contributed by atoms with Crippen LogP contribution in [0.5, 0.6) is 0 Å². The van der Waals surface area contributed by atoms with Crippen molar-refractivity contribution in [3.05, 3.63) is 58.7 Å². The van der Waals surface area contributed by atoms with Crippen molar-refractivity contribution >= 4 is 17.6 Å². The highest BCUT2D eigenvalue weighted by atomic mass is 15.2. The van der Waals surface area contributed by atoms with Crippen LogP contribution >= 0.6 is 0 Å². The van der Waals surface area contributed by atoms with Crippen molar-refractivity contribution < 1.29 is 0 Å². The van der Waals surface area contributed by atoms with Crippen LogP contribution in [-0.4, -0.2) is 18.3 Å². The zero-order valence-electron chi connectivity index (χ0n) is 18.9. The summed E-state index contributed by atoms with van der Waals surface area (Å²) in [6, 6.07) is 13.3. The molecule has 3 rings (SSSR count). The first-order valence-electron chi connectivity index (χ1n) is 10.6. The van der Waals surface area contributed by atoms with Crippen LogP contribution in [0.3, 0.4) is 0 Å². The molecule has 0 amide bonds. The first-order valence-corrected chi connectivity index (χ1v) is 10.6. The van der Waals surface area contributed by atoms with Gasteiger partial charge in [0, 0.05) is 24.0 Å². The average molecular weight is 377 g/mol. The molecule has 28 heavy (non-hydrogen) atoms. The summed E-state index contributed by atoms with van der Waals surface area (Å²) < 4.78 is 0. The standard InChI is InChI=1S/C26H36N2/c1-9-28-24-14-18(2)20(15-23(24)19(3)16-26(28,7)8)17-27-22-12-10-21(11-13-22)25(4,5)6/h10-15,17,19H,9,16H2,1-8H3. The molecule has 2 nitrogen and oxygen atoms in total. The molecule has 0 aliphatic carbocycles. The van der Waals surface area contributed by atoms with Crippen LogP contribution in [0, 0.1) is 6.92 Å². The van der Waals surface area contributed by atoms with Crippen LogP contribution in [0.25, 0.3) is 0 Å². The zero-order chi connectivity index (χ0) is 20.7. The van der Waals surface area contributed by atoms with E-state index >= 15 is 0 Å². The van der Waals surface area contributed by atoms with Crippen molar-refractivity contribution in [3.8, 4) is 0 Å². The van der Waals surface area contributed by atoms with Gasteiger partial charge in [-0.1, -0.05) is 39.8 Å². The van der Waals surface area contributed by atoms with Crippen LogP contribution in [0.15, 0.2) is 41.4 Å². The van der Waals surface area contributed by atoms with Crippen molar-refractivity contribution in [2.75, 3.05) is 11.4 Å².